The average molecular weight is 454 g/mol. The molecule has 1 aliphatic heterocycles. The van der Waals surface area contributed by atoms with E-state index in [1.54, 1.807) is 4.90 Å². The smallest absolute Gasteiger partial charge is 0.245 e. The first-order chi connectivity index (χ1) is 15.9. The molecule has 7 heteroatoms. The van der Waals surface area contributed by atoms with Gasteiger partial charge in [-0.1, -0.05) is 56.3 Å². The van der Waals surface area contributed by atoms with Crippen LogP contribution in [0.1, 0.15) is 31.4 Å². The lowest BCUT2D eigenvalue weighted by Gasteiger charge is -2.31. The summed E-state index contributed by atoms with van der Waals surface area (Å²) >= 11 is 0. The number of hydrogen-bond donors (Lipinski definition) is 2. The number of ether oxygens (including phenoxy) is 2. The summed E-state index contributed by atoms with van der Waals surface area (Å²) in [5, 5.41) is 2.90. The van der Waals surface area contributed by atoms with Crippen LogP contribution in [0, 0.1) is 5.92 Å². The Balaban J connectivity index is 1.65. The lowest BCUT2D eigenvalue weighted by molar-refractivity contribution is -0.140. The molecule has 0 radical (unpaired) electrons. The van der Waals surface area contributed by atoms with Gasteiger partial charge < -0.3 is 25.4 Å². The van der Waals surface area contributed by atoms with E-state index in [4.69, 9.17) is 15.2 Å². The summed E-state index contributed by atoms with van der Waals surface area (Å²) in [6.45, 7) is 6.59. The van der Waals surface area contributed by atoms with Crippen LogP contribution in [0.2, 0.25) is 0 Å². The highest BCUT2D eigenvalue weighted by molar-refractivity contribution is 5.90. The summed E-state index contributed by atoms with van der Waals surface area (Å²) in [4.78, 5) is 27.6. The molecule has 7 nitrogen and oxygen atoms in total. The molecule has 0 spiro atoms. The minimum atomic E-state index is -0.676. The van der Waals surface area contributed by atoms with Crippen LogP contribution in [-0.4, -0.2) is 55.1 Å². The van der Waals surface area contributed by atoms with Crippen LogP contribution >= 0.6 is 0 Å². The van der Waals surface area contributed by atoms with E-state index < -0.39 is 12.1 Å². The first kappa shape index (κ1) is 24.7. The summed E-state index contributed by atoms with van der Waals surface area (Å²) in [6, 6.07) is 16.3. The lowest BCUT2D eigenvalue weighted by Crippen LogP contribution is -2.55. The summed E-state index contributed by atoms with van der Waals surface area (Å²) in [5.74, 6) is 0.648. The molecule has 1 heterocycles. The molecule has 0 aliphatic carbocycles. The van der Waals surface area contributed by atoms with Gasteiger partial charge in [0.1, 0.15) is 18.4 Å². The molecule has 1 fully saturated rings. The van der Waals surface area contributed by atoms with Gasteiger partial charge in [-0.2, -0.15) is 0 Å². The number of carbonyl (C=O) groups excluding carboxylic acids is 2. The third-order valence-corrected chi connectivity index (χ3v) is 5.61. The molecule has 0 aromatic heterocycles. The van der Waals surface area contributed by atoms with Crippen LogP contribution in [-0.2, 0) is 27.4 Å². The molecule has 178 valence electrons. The van der Waals surface area contributed by atoms with Crippen molar-refractivity contribution in [1.29, 1.82) is 0 Å². The fraction of sp³-hybridized carbons (Fsp3) is 0.462. The van der Waals surface area contributed by atoms with Crippen molar-refractivity contribution in [3.8, 4) is 5.75 Å². The predicted molar refractivity (Wildman–Crippen MR) is 128 cm³/mol. The maximum atomic E-state index is 13.2. The zero-order valence-corrected chi connectivity index (χ0v) is 19.5. The van der Waals surface area contributed by atoms with E-state index in [9.17, 15) is 9.59 Å². The van der Waals surface area contributed by atoms with E-state index >= 15 is 0 Å². The Morgan fingerprint density at radius 1 is 1.03 bits per heavy atom. The number of amides is 2. The molecule has 3 N–H and O–H groups in total. The summed E-state index contributed by atoms with van der Waals surface area (Å²) in [5.41, 5.74) is 8.10. The zero-order valence-electron chi connectivity index (χ0n) is 19.5. The van der Waals surface area contributed by atoms with Crippen LogP contribution < -0.4 is 15.8 Å². The van der Waals surface area contributed by atoms with Gasteiger partial charge in [-0.05, 0) is 35.6 Å². The van der Waals surface area contributed by atoms with Crippen molar-refractivity contribution < 1.29 is 19.1 Å². The van der Waals surface area contributed by atoms with Crippen LogP contribution in [0.3, 0.4) is 0 Å². The molecule has 33 heavy (non-hydrogen) atoms. The van der Waals surface area contributed by atoms with E-state index in [0.717, 1.165) is 16.9 Å². The molecule has 2 atom stereocenters. The molecule has 2 aromatic carbocycles. The van der Waals surface area contributed by atoms with Gasteiger partial charge in [0.05, 0.1) is 19.3 Å². The summed E-state index contributed by atoms with van der Waals surface area (Å²) < 4.78 is 11.2. The Morgan fingerprint density at radius 3 is 2.33 bits per heavy atom. The normalized spacial score (nSPS) is 15.7. The molecule has 2 aromatic rings. The Morgan fingerprint density at radius 2 is 1.70 bits per heavy atom. The Labute approximate surface area is 196 Å². The van der Waals surface area contributed by atoms with Crippen molar-refractivity contribution in [2.75, 3.05) is 26.3 Å². The average Bonchev–Trinajstić information content (AvgIpc) is 2.83. The monoisotopic (exact) mass is 453 g/mol. The highest BCUT2D eigenvalue weighted by Gasteiger charge is 2.29. The summed E-state index contributed by atoms with van der Waals surface area (Å²) in [7, 11) is 0. The third-order valence-electron chi connectivity index (χ3n) is 5.61. The Hall–Kier alpha value is -2.90. The van der Waals surface area contributed by atoms with Gasteiger partial charge in [0, 0.05) is 19.5 Å². The maximum absolute atomic E-state index is 13.2. The second kappa shape index (κ2) is 12.4. The Kier molecular flexibility index (Phi) is 9.27. The van der Waals surface area contributed by atoms with Gasteiger partial charge in [0.25, 0.3) is 0 Å². The van der Waals surface area contributed by atoms with Gasteiger partial charge in [0.2, 0.25) is 11.8 Å². The van der Waals surface area contributed by atoms with Crippen LogP contribution in [0.25, 0.3) is 0 Å². The molecule has 0 bridgehead atoms. The second-order valence-electron chi connectivity index (χ2n) is 8.86. The minimum absolute atomic E-state index is 0.104. The van der Waals surface area contributed by atoms with Gasteiger partial charge in [-0.15, -0.1) is 0 Å². The summed E-state index contributed by atoms with van der Waals surface area (Å²) in [6.07, 6.45) is 0.951. The number of nitrogens with one attached hydrogen (secondary N) is 1. The van der Waals surface area contributed by atoms with E-state index in [1.165, 1.54) is 0 Å². The SMILES string of the molecule is CC(C)CC(N)C(=O)NC(Cc1ccc(OCc2ccccc2)cc1)C(=O)N1CCOCC1. The standard InChI is InChI=1S/C26H35N3O4/c1-19(2)16-23(27)25(30)28-24(26(31)29-12-14-32-15-13-29)17-20-8-10-22(11-9-20)33-18-21-6-4-3-5-7-21/h3-11,19,23-24H,12-18,27H2,1-2H3,(H,28,30). The second-order valence-corrected chi connectivity index (χ2v) is 8.86. The van der Waals surface area contributed by atoms with E-state index in [-0.39, 0.29) is 11.8 Å². The van der Waals surface area contributed by atoms with Crippen molar-refractivity contribution >= 4 is 11.8 Å². The van der Waals surface area contributed by atoms with Crippen molar-refractivity contribution in [3.63, 3.8) is 0 Å². The zero-order chi connectivity index (χ0) is 23.6. The van der Waals surface area contributed by atoms with Gasteiger partial charge in [0.15, 0.2) is 0 Å². The molecule has 0 saturated carbocycles. The largest absolute Gasteiger partial charge is 0.489 e. The van der Waals surface area contributed by atoms with Gasteiger partial charge >= 0.3 is 0 Å². The number of hydrogen-bond acceptors (Lipinski definition) is 5. The number of nitrogens with two attached hydrogens (primary N) is 1. The molecule has 1 saturated heterocycles. The van der Waals surface area contributed by atoms with Crippen molar-refractivity contribution in [2.45, 2.75) is 45.4 Å². The third kappa shape index (κ3) is 7.87. The van der Waals surface area contributed by atoms with Crippen LogP contribution in [0.4, 0.5) is 0 Å². The molecular formula is C26H35N3O4. The van der Waals surface area contributed by atoms with E-state index in [0.29, 0.717) is 51.7 Å². The number of morpholine rings is 1. The van der Waals surface area contributed by atoms with Gasteiger partial charge in [-0.3, -0.25) is 9.59 Å². The molecule has 3 rings (SSSR count). The van der Waals surface area contributed by atoms with Gasteiger partial charge in [-0.25, -0.2) is 0 Å². The fourth-order valence-electron chi connectivity index (χ4n) is 3.80. The maximum Gasteiger partial charge on any atom is 0.245 e. The highest BCUT2D eigenvalue weighted by atomic mass is 16.5. The van der Waals surface area contributed by atoms with Crippen molar-refractivity contribution in [2.24, 2.45) is 11.7 Å². The predicted octanol–water partition coefficient (Wildman–Crippen LogP) is 2.53. The first-order valence-corrected chi connectivity index (χ1v) is 11.6. The molecule has 2 unspecified atom stereocenters. The Bertz CT molecular complexity index is 880. The fourth-order valence-corrected chi connectivity index (χ4v) is 3.80. The quantitative estimate of drug-likeness (QED) is 0.577. The number of rotatable bonds is 10. The molecular weight excluding hydrogens is 418 g/mol. The van der Waals surface area contributed by atoms with E-state index in [2.05, 4.69) is 5.32 Å². The molecule has 2 amide bonds. The first-order valence-electron chi connectivity index (χ1n) is 11.6. The number of carbonyl (C=O) groups is 2. The van der Waals surface area contributed by atoms with Crippen molar-refractivity contribution in [1.82, 2.24) is 10.2 Å². The number of nitrogens with zero attached hydrogens (tertiary/aromatic N) is 1. The lowest BCUT2D eigenvalue weighted by atomic mass is 10.0. The number of benzene rings is 2. The molecule has 1 aliphatic rings. The van der Waals surface area contributed by atoms with Crippen molar-refractivity contribution in [3.05, 3.63) is 65.7 Å². The topological polar surface area (TPSA) is 93.9 Å². The highest BCUT2D eigenvalue weighted by Crippen LogP contribution is 2.16. The minimum Gasteiger partial charge on any atom is -0.489 e. The van der Waals surface area contributed by atoms with E-state index in [1.807, 2.05) is 68.4 Å². The van der Waals surface area contributed by atoms with Crippen LogP contribution in [0.15, 0.2) is 54.6 Å². The van der Waals surface area contributed by atoms with Crippen LogP contribution in [0.5, 0.6) is 5.75 Å².